The van der Waals surface area contributed by atoms with Gasteiger partial charge in [-0.2, -0.15) is 0 Å². The van der Waals surface area contributed by atoms with Crippen LogP contribution in [0.15, 0.2) is 18.2 Å². The lowest BCUT2D eigenvalue weighted by molar-refractivity contribution is -0.142. The molecule has 0 radical (unpaired) electrons. The number of halogens is 2. The second-order valence-electron chi connectivity index (χ2n) is 6.25. The van der Waals surface area contributed by atoms with E-state index in [1.807, 2.05) is 0 Å². The van der Waals surface area contributed by atoms with Crippen molar-refractivity contribution < 1.29 is 22.7 Å². The Morgan fingerprint density at radius 1 is 1.35 bits per heavy atom. The summed E-state index contributed by atoms with van der Waals surface area (Å²) in [5, 5.41) is 9.50. The lowest BCUT2D eigenvalue weighted by Crippen LogP contribution is -2.31. The number of hydrogen-bond donors (Lipinski definition) is 1. The van der Waals surface area contributed by atoms with E-state index in [4.69, 9.17) is 11.6 Å². The first-order chi connectivity index (χ1) is 10.8. The molecule has 3 rings (SSSR count). The van der Waals surface area contributed by atoms with Crippen LogP contribution in [-0.4, -0.2) is 36.9 Å². The predicted molar refractivity (Wildman–Crippen MR) is 82.9 cm³/mol. The molecule has 126 valence electrons. The van der Waals surface area contributed by atoms with E-state index in [1.165, 1.54) is 10.4 Å². The van der Waals surface area contributed by atoms with Gasteiger partial charge in [0.15, 0.2) is 0 Å². The van der Waals surface area contributed by atoms with Gasteiger partial charge in [0.1, 0.15) is 5.82 Å². The molecule has 0 bridgehead atoms. The number of hydrogen-bond acceptors (Lipinski definition) is 3. The molecule has 0 aromatic heterocycles. The van der Waals surface area contributed by atoms with E-state index in [2.05, 4.69) is 0 Å². The molecule has 1 N–H and O–H groups in total. The van der Waals surface area contributed by atoms with E-state index in [-0.39, 0.29) is 29.6 Å². The van der Waals surface area contributed by atoms with E-state index < -0.39 is 33.5 Å². The second kappa shape index (κ2) is 6.03. The van der Waals surface area contributed by atoms with Crippen molar-refractivity contribution in [2.75, 3.05) is 13.1 Å². The third-order valence-electron chi connectivity index (χ3n) is 4.62. The Balaban J connectivity index is 1.80. The average Bonchev–Trinajstić information content (AvgIpc) is 3.20. The molecule has 1 saturated carbocycles. The molecule has 1 aliphatic carbocycles. The highest BCUT2D eigenvalue weighted by Gasteiger charge is 2.48. The summed E-state index contributed by atoms with van der Waals surface area (Å²) in [5.41, 5.74) is 0.188. The number of carboxylic acids is 1. The van der Waals surface area contributed by atoms with Crippen LogP contribution in [0, 0.1) is 23.6 Å². The second-order valence-corrected chi connectivity index (χ2v) is 8.63. The minimum atomic E-state index is -3.74. The van der Waals surface area contributed by atoms with Crippen molar-refractivity contribution in [3.63, 3.8) is 0 Å². The van der Waals surface area contributed by atoms with E-state index >= 15 is 0 Å². The zero-order valence-corrected chi connectivity index (χ0v) is 13.9. The largest absolute Gasteiger partial charge is 0.481 e. The first-order valence-corrected chi connectivity index (χ1v) is 9.41. The van der Waals surface area contributed by atoms with Crippen LogP contribution in [0.4, 0.5) is 4.39 Å². The first kappa shape index (κ1) is 16.7. The summed E-state index contributed by atoms with van der Waals surface area (Å²) in [6.45, 7) is 0.197. The maximum atomic E-state index is 13.3. The average molecular weight is 362 g/mol. The lowest BCUT2D eigenvalue weighted by Gasteiger charge is -2.17. The van der Waals surface area contributed by atoms with Gasteiger partial charge in [-0.05, 0) is 48.4 Å². The van der Waals surface area contributed by atoms with Crippen LogP contribution in [0.2, 0.25) is 5.02 Å². The normalized spacial score (nSPS) is 25.7. The number of aliphatic carboxylic acids is 1. The number of nitrogens with zero attached hydrogens (tertiary/aromatic N) is 1. The molecule has 1 aromatic rings. The highest BCUT2D eigenvalue weighted by Crippen LogP contribution is 2.44. The number of rotatable bonds is 5. The predicted octanol–water partition coefficient (Wildman–Crippen LogP) is 2.35. The number of benzene rings is 1. The molecule has 1 saturated heterocycles. The molecule has 2 fully saturated rings. The van der Waals surface area contributed by atoms with Crippen LogP contribution in [0.3, 0.4) is 0 Å². The number of sulfonamides is 1. The Morgan fingerprint density at radius 2 is 2.04 bits per heavy atom. The van der Waals surface area contributed by atoms with Gasteiger partial charge in [-0.3, -0.25) is 4.79 Å². The third kappa shape index (κ3) is 3.51. The molecule has 23 heavy (non-hydrogen) atoms. The van der Waals surface area contributed by atoms with Gasteiger partial charge in [0.25, 0.3) is 0 Å². The summed E-state index contributed by atoms with van der Waals surface area (Å²) in [5.74, 6) is -2.43. The Bertz CT molecular complexity index is 735. The first-order valence-electron chi connectivity index (χ1n) is 7.42. The van der Waals surface area contributed by atoms with Crippen LogP contribution in [0.1, 0.15) is 18.4 Å². The minimum Gasteiger partial charge on any atom is -0.481 e. The lowest BCUT2D eigenvalue weighted by atomic mass is 9.92. The molecule has 0 spiro atoms. The molecular formula is C15H17ClFNO4S. The molecule has 5 nitrogen and oxygen atoms in total. The van der Waals surface area contributed by atoms with Crippen LogP contribution < -0.4 is 0 Å². The maximum absolute atomic E-state index is 13.3. The van der Waals surface area contributed by atoms with E-state index in [0.717, 1.165) is 25.0 Å². The van der Waals surface area contributed by atoms with Crippen molar-refractivity contribution in [2.45, 2.75) is 18.6 Å². The SMILES string of the molecule is O=C(O)[C@@H]1CN(S(=O)(=O)Cc2cc(F)ccc2Cl)C[C@H]1C1CC1. The van der Waals surface area contributed by atoms with Crippen molar-refractivity contribution in [1.29, 1.82) is 0 Å². The number of carbonyl (C=O) groups is 1. The molecule has 8 heteroatoms. The fraction of sp³-hybridized carbons (Fsp3) is 0.533. The fourth-order valence-electron chi connectivity index (χ4n) is 3.22. The van der Waals surface area contributed by atoms with Crippen LogP contribution >= 0.6 is 11.6 Å². The fourth-order valence-corrected chi connectivity index (χ4v) is 5.09. The van der Waals surface area contributed by atoms with E-state index in [1.54, 1.807) is 0 Å². The number of carboxylic acid groups (broad SMARTS) is 1. The highest BCUT2D eigenvalue weighted by atomic mass is 35.5. The van der Waals surface area contributed by atoms with E-state index in [9.17, 15) is 22.7 Å². The third-order valence-corrected chi connectivity index (χ3v) is 6.74. The minimum absolute atomic E-state index is 0.0221. The Kier molecular flexibility index (Phi) is 4.37. The van der Waals surface area contributed by atoms with Gasteiger partial charge in [-0.15, -0.1) is 0 Å². The summed E-state index contributed by atoms with van der Waals surface area (Å²) in [7, 11) is -3.74. The zero-order chi connectivity index (χ0) is 16.8. The van der Waals surface area contributed by atoms with Crippen LogP contribution in [-0.2, 0) is 20.6 Å². The standard InChI is InChI=1S/C15H17ClFNO4S/c16-14-4-3-11(17)5-10(14)8-23(21,22)18-6-12(9-1-2-9)13(7-18)15(19)20/h3-5,9,12-13H,1-2,6-8H2,(H,19,20)/t12-,13+/m0/s1. The van der Waals surface area contributed by atoms with Crippen LogP contribution in [0.25, 0.3) is 0 Å². The molecule has 1 heterocycles. The monoisotopic (exact) mass is 361 g/mol. The van der Waals surface area contributed by atoms with E-state index in [0.29, 0.717) is 5.92 Å². The van der Waals surface area contributed by atoms with Gasteiger partial charge in [-0.25, -0.2) is 17.1 Å². The van der Waals surface area contributed by atoms with Gasteiger partial charge in [0, 0.05) is 18.1 Å². The summed E-state index contributed by atoms with van der Waals surface area (Å²) in [4.78, 5) is 11.4. The molecule has 0 amide bonds. The van der Waals surface area contributed by atoms with Crippen LogP contribution in [0.5, 0.6) is 0 Å². The molecule has 1 aliphatic heterocycles. The summed E-state index contributed by atoms with van der Waals surface area (Å²) in [6.07, 6.45) is 1.91. The van der Waals surface area contributed by atoms with Crippen molar-refractivity contribution >= 4 is 27.6 Å². The van der Waals surface area contributed by atoms with Gasteiger partial charge in [0.2, 0.25) is 10.0 Å². The van der Waals surface area contributed by atoms with Crippen molar-refractivity contribution in [3.05, 3.63) is 34.6 Å². The Morgan fingerprint density at radius 3 is 2.65 bits per heavy atom. The van der Waals surface area contributed by atoms with Gasteiger partial charge < -0.3 is 5.11 Å². The summed E-state index contributed by atoms with van der Waals surface area (Å²) < 4.78 is 39.7. The zero-order valence-electron chi connectivity index (χ0n) is 12.3. The molecule has 0 unspecified atom stereocenters. The van der Waals surface area contributed by atoms with Gasteiger partial charge >= 0.3 is 5.97 Å². The maximum Gasteiger partial charge on any atom is 0.308 e. The Labute approximate surface area is 139 Å². The van der Waals surface area contributed by atoms with Crippen molar-refractivity contribution in [3.8, 4) is 0 Å². The molecule has 1 aromatic carbocycles. The van der Waals surface area contributed by atoms with Gasteiger partial charge in [0.05, 0.1) is 11.7 Å². The van der Waals surface area contributed by atoms with Crippen molar-refractivity contribution in [1.82, 2.24) is 4.31 Å². The molecular weight excluding hydrogens is 345 g/mol. The topological polar surface area (TPSA) is 74.7 Å². The Hall–Kier alpha value is -1.18. The van der Waals surface area contributed by atoms with Gasteiger partial charge in [-0.1, -0.05) is 11.6 Å². The summed E-state index contributed by atoms with van der Waals surface area (Å²) in [6, 6.07) is 3.58. The van der Waals surface area contributed by atoms with Crippen molar-refractivity contribution in [2.24, 2.45) is 17.8 Å². The quantitative estimate of drug-likeness (QED) is 0.873. The molecule has 2 aliphatic rings. The smallest absolute Gasteiger partial charge is 0.308 e. The summed E-state index contributed by atoms with van der Waals surface area (Å²) >= 11 is 5.93. The highest BCUT2D eigenvalue weighted by molar-refractivity contribution is 7.88. The molecule has 2 atom stereocenters.